The third kappa shape index (κ3) is 2.66. The fourth-order valence-corrected chi connectivity index (χ4v) is 1.26. The van der Waals surface area contributed by atoms with Crippen LogP contribution in [0.25, 0.3) is 0 Å². The van der Waals surface area contributed by atoms with Gasteiger partial charge in [-0.25, -0.2) is 9.37 Å². The van der Waals surface area contributed by atoms with E-state index in [1.165, 1.54) is 30.9 Å². The highest BCUT2D eigenvalue weighted by molar-refractivity contribution is 5.91. The van der Waals surface area contributed by atoms with E-state index in [-0.39, 0.29) is 18.1 Å². The molecule has 0 aliphatic carbocycles. The molecule has 0 atom stereocenters. The summed E-state index contributed by atoms with van der Waals surface area (Å²) in [4.78, 5) is 15.3. The van der Waals surface area contributed by atoms with Crippen molar-refractivity contribution in [3.8, 4) is 0 Å². The molecular formula is C11H9FN2O2. The summed E-state index contributed by atoms with van der Waals surface area (Å²) >= 11 is 0. The molecule has 0 aliphatic heterocycles. The van der Waals surface area contributed by atoms with Crippen molar-refractivity contribution in [2.75, 3.05) is 5.32 Å². The summed E-state index contributed by atoms with van der Waals surface area (Å²) in [7, 11) is 0. The number of carbonyl (C=O) groups excluding carboxylic acids is 1. The number of hydrogen-bond donors (Lipinski definition) is 1. The molecule has 0 saturated carbocycles. The predicted molar refractivity (Wildman–Crippen MR) is 55.2 cm³/mol. The lowest BCUT2D eigenvalue weighted by Gasteiger charge is -2.03. The number of amides is 1. The molecule has 0 unspecified atom stereocenters. The second-order valence-corrected chi connectivity index (χ2v) is 3.22. The van der Waals surface area contributed by atoms with Gasteiger partial charge in [0.2, 0.25) is 5.91 Å². The van der Waals surface area contributed by atoms with Gasteiger partial charge in [0.15, 0.2) is 6.39 Å². The highest BCUT2D eigenvalue weighted by Gasteiger charge is 2.06. The van der Waals surface area contributed by atoms with Crippen LogP contribution in [-0.4, -0.2) is 10.9 Å². The van der Waals surface area contributed by atoms with Crippen molar-refractivity contribution >= 4 is 11.6 Å². The Kier molecular flexibility index (Phi) is 2.95. The molecule has 1 heterocycles. The van der Waals surface area contributed by atoms with Crippen LogP contribution in [0.5, 0.6) is 0 Å². The molecule has 1 N–H and O–H groups in total. The van der Waals surface area contributed by atoms with E-state index in [0.717, 1.165) is 0 Å². The van der Waals surface area contributed by atoms with Crippen LogP contribution in [0.3, 0.4) is 0 Å². The van der Waals surface area contributed by atoms with Gasteiger partial charge in [0.1, 0.15) is 12.1 Å². The number of anilines is 1. The second-order valence-electron chi connectivity index (χ2n) is 3.22. The number of nitrogens with zero attached hydrogens (tertiary/aromatic N) is 1. The molecule has 1 amide bonds. The van der Waals surface area contributed by atoms with E-state index in [9.17, 15) is 9.18 Å². The lowest BCUT2D eigenvalue weighted by atomic mass is 10.3. The molecule has 5 heteroatoms. The summed E-state index contributed by atoms with van der Waals surface area (Å²) in [5.41, 5.74) is 0.961. The van der Waals surface area contributed by atoms with Crippen LogP contribution < -0.4 is 5.32 Å². The van der Waals surface area contributed by atoms with Gasteiger partial charge in [-0.1, -0.05) is 6.07 Å². The molecule has 0 bridgehead atoms. The van der Waals surface area contributed by atoms with Gasteiger partial charge in [0, 0.05) is 5.69 Å². The first-order valence-electron chi connectivity index (χ1n) is 4.66. The zero-order chi connectivity index (χ0) is 11.4. The summed E-state index contributed by atoms with van der Waals surface area (Å²) in [6, 6.07) is 5.71. The van der Waals surface area contributed by atoms with Crippen molar-refractivity contribution in [3.05, 3.63) is 48.4 Å². The molecule has 0 fully saturated rings. The van der Waals surface area contributed by atoms with E-state index in [1.54, 1.807) is 6.07 Å². The van der Waals surface area contributed by atoms with E-state index in [0.29, 0.717) is 11.4 Å². The maximum absolute atomic E-state index is 12.8. The van der Waals surface area contributed by atoms with Gasteiger partial charge < -0.3 is 9.73 Å². The van der Waals surface area contributed by atoms with Gasteiger partial charge >= 0.3 is 0 Å². The molecule has 0 radical (unpaired) electrons. The Labute approximate surface area is 91.1 Å². The van der Waals surface area contributed by atoms with Crippen LogP contribution in [0.4, 0.5) is 10.1 Å². The number of halogens is 1. The Balaban J connectivity index is 1.97. The highest BCUT2D eigenvalue weighted by atomic mass is 19.1. The average molecular weight is 220 g/mol. The monoisotopic (exact) mass is 220 g/mol. The van der Waals surface area contributed by atoms with Gasteiger partial charge in [-0.05, 0) is 18.2 Å². The maximum atomic E-state index is 12.8. The minimum atomic E-state index is -0.390. The zero-order valence-corrected chi connectivity index (χ0v) is 8.31. The summed E-state index contributed by atoms with van der Waals surface area (Å²) in [5.74, 6) is -0.654. The predicted octanol–water partition coefficient (Wildman–Crippen LogP) is 1.99. The largest absolute Gasteiger partial charge is 0.451 e. The number of nitrogens with one attached hydrogen (secondary N) is 1. The smallest absolute Gasteiger partial charge is 0.230 e. The fourth-order valence-electron chi connectivity index (χ4n) is 1.26. The van der Waals surface area contributed by atoms with Crippen molar-refractivity contribution in [1.82, 2.24) is 4.98 Å². The quantitative estimate of drug-likeness (QED) is 0.860. The molecule has 1 aromatic carbocycles. The van der Waals surface area contributed by atoms with Crippen LogP contribution in [0.15, 0.2) is 41.3 Å². The standard InChI is InChI=1S/C11H9FN2O2/c12-8-2-1-3-9(4-8)14-11(15)5-10-6-16-7-13-10/h1-4,6-7H,5H2,(H,14,15). The molecule has 82 valence electrons. The first-order valence-corrected chi connectivity index (χ1v) is 4.66. The van der Waals surface area contributed by atoms with Crippen LogP contribution in [0.2, 0.25) is 0 Å². The minimum Gasteiger partial charge on any atom is -0.451 e. The second kappa shape index (κ2) is 4.57. The molecule has 0 aliphatic rings. The molecular weight excluding hydrogens is 211 g/mol. The molecule has 16 heavy (non-hydrogen) atoms. The van der Waals surface area contributed by atoms with Crippen LogP contribution in [0, 0.1) is 5.82 Å². The van der Waals surface area contributed by atoms with Gasteiger partial charge in [-0.3, -0.25) is 4.79 Å². The Hall–Kier alpha value is -2.17. The lowest BCUT2D eigenvalue weighted by molar-refractivity contribution is -0.115. The fraction of sp³-hybridized carbons (Fsp3) is 0.0909. The molecule has 4 nitrogen and oxygen atoms in total. The lowest BCUT2D eigenvalue weighted by Crippen LogP contribution is -2.14. The normalized spacial score (nSPS) is 10.1. The van der Waals surface area contributed by atoms with E-state index in [2.05, 4.69) is 10.3 Å². The number of hydrogen-bond acceptors (Lipinski definition) is 3. The van der Waals surface area contributed by atoms with Crippen molar-refractivity contribution in [2.24, 2.45) is 0 Å². The number of benzene rings is 1. The van der Waals surface area contributed by atoms with Crippen molar-refractivity contribution in [1.29, 1.82) is 0 Å². The highest BCUT2D eigenvalue weighted by Crippen LogP contribution is 2.09. The molecule has 2 rings (SSSR count). The SMILES string of the molecule is O=C(Cc1cocn1)Nc1cccc(F)c1. The summed E-state index contributed by atoms with van der Waals surface area (Å²) in [6.07, 6.45) is 2.75. The molecule has 2 aromatic rings. The van der Waals surface area contributed by atoms with Crippen molar-refractivity contribution < 1.29 is 13.6 Å². The summed E-state index contributed by atoms with van der Waals surface area (Å²) in [6.45, 7) is 0. The van der Waals surface area contributed by atoms with E-state index < -0.39 is 0 Å². The topological polar surface area (TPSA) is 55.1 Å². The van der Waals surface area contributed by atoms with Crippen LogP contribution >= 0.6 is 0 Å². The first-order chi connectivity index (χ1) is 7.74. The zero-order valence-electron chi connectivity index (χ0n) is 8.31. The Bertz CT molecular complexity index is 482. The van der Waals surface area contributed by atoms with Gasteiger partial charge in [-0.2, -0.15) is 0 Å². The third-order valence-electron chi connectivity index (χ3n) is 1.93. The Morgan fingerprint density at radius 3 is 3.06 bits per heavy atom. The number of oxazole rings is 1. The molecule has 0 saturated heterocycles. The van der Waals surface area contributed by atoms with E-state index in [1.807, 2.05) is 0 Å². The first kappa shape index (κ1) is 10.4. The Morgan fingerprint density at radius 2 is 2.38 bits per heavy atom. The summed E-state index contributed by atoms with van der Waals surface area (Å²) in [5, 5.41) is 2.56. The number of aromatic nitrogens is 1. The number of rotatable bonds is 3. The van der Waals surface area contributed by atoms with Crippen LogP contribution in [-0.2, 0) is 11.2 Å². The average Bonchev–Trinajstić information content (AvgIpc) is 2.70. The molecule has 1 aromatic heterocycles. The minimum absolute atomic E-state index is 0.104. The number of carbonyl (C=O) groups is 1. The van der Waals surface area contributed by atoms with Gasteiger partial charge in [-0.15, -0.1) is 0 Å². The van der Waals surface area contributed by atoms with E-state index in [4.69, 9.17) is 4.42 Å². The maximum Gasteiger partial charge on any atom is 0.230 e. The van der Waals surface area contributed by atoms with E-state index >= 15 is 0 Å². The van der Waals surface area contributed by atoms with Crippen molar-refractivity contribution in [3.63, 3.8) is 0 Å². The van der Waals surface area contributed by atoms with Gasteiger partial charge in [0.25, 0.3) is 0 Å². The Morgan fingerprint density at radius 1 is 1.50 bits per heavy atom. The molecule has 0 spiro atoms. The van der Waals surface area contributed by atoms with Crippen LogP contribution in [0.1, 0.15) is 5.69 Å². The van der Waals surface area contributed by atoms with Crippen molar-refractivity contribution in [2.45, 2.75) is 6.42 Å². The third-order valence-corrected chi connectivity index (χ3v) is 1.93. The van der Waals surface area contributed by atoms with Gasteiger partial charge in [0.05, 0.1) is 12.1 Å². The summed E-state index contributed by atoms with van der Waals surface area (Å²) < 4.78 is 17.5.